The Labute approximate surface area is 216 Å². The maximum Gasteiger partial charge on any atom is 0.346 e. The van der Waals surface area contributed by atoms with Crippen molar-refractivity contribution in [1.82, 2.24) is 0 Å². The van der Waals surface area contributed by atoms with Crippen LogP contribution in [0.3, 0.4) is 0 Å². The Morgan fingerprint density at radius 3 is 2.24 bits per heavy atom. The van der Waals surface area contributed by atoms with E-state index < -0.39 is 35.3 Å². The van der Waals surface area contributed by atoms with Gasteiger partial charge in [0.1, 0.15) is 11.9 Å². The Morgan fingerprint density at radius 2 is 1.59 bits per heavy atom. The molecule has 0 bridgehead atoms. The molecule has 0 aliphatic heterocycles. The van der Waals surface area contributed by atoms with Crippen LogP contribution >= 0.6 is 0 Å². The molecule has 0 N–H and O–H groups in total. The Balaban J connectivity index is 1.51. The van der Waals surface area contributed by atoms with Crippen LogP contribution in [0.5, 0.6) is 11.5 Å². The zero-order valence-corrected chi connectivity index (χ0v) is 21.4. The van der Waals surface area contributed by atoms with E-state index in [1.807, 2.05) is 26.0 Å². The fourth-order valence-electron chi connectivity index (χ4n) is 4.35. The molecule has 1 aliphatic rings. The fraction of sp³-hybridized carbons (Fsp3) is 0.517. The van der Waals surface area contributed by atoms with Gasteiger partial charge in [-0.2, -0.15) is 4.39 Å². The number of ether oxygens (including phenoxy) is 3. The van der Waals surface area contributed by atoms with E-state index in [4.69, 9.17) is 14.2 Å². The Morgan fingerprint density at radius 1 is 0.919 bits per heavy atom. The first-order chi connectivity index (χ1) is 17.8. The molecule has 0 amide bonds. The van der Waals surface area contributed by atoms with Gasteiger partial charge in [-0.3, -0.25) is 0 Å². The van der Waals surface area contributed by atoms with Crippen molar-refractivity contribution in [2.75, 3.05) is 6.61 Å². The number of esters is 2. The third-order valence-corrected chi connectivity index (χ3v) is 6.61. The third kappa shape index (κ3) is 7.98. The van der Waals surface area contributed by atoms with Crippen molar-refractivity contribution in [3.63, 3.8) is 0 Å². The molecule has 0 aromatic heterocycles. The summed E-state index contributed by atoms with van der Waals surface area (Å²) in [7, 11) is 0. The van der Waals surface area contributed by atoms with Gasteiger partial charge >= 0.3 is 11.9 Å². The summed E-state index contributed by atoms with van der Waals surface area (Å²) < 4.78 is 58.4. The molecule has 1 fully saturated rings. The van der Waals surface area contributed by atoms with Crippen LogP contribution in [0.15, 0.2) is 36.4 Å². The molecule has 1 atom stereocenters. The Bertz CT molecular complexity index is 1030. The summed E-state index contributed by atoms with van der Waals surface area (Å²) in [6, 6.07) is 9.23. The molecule has 2 aromatic rings. The maximum absolute atomic E-state index is 14.4. The number of hydrogen-bond acceptors (Lipinski definition) is 5. The Kier molecular flexibility index (Phi) is 10.8. The van der Waals surface area contributed by atoms with Gasteiger partial charge in [0.05, 0.1) is 12.2 Å². The molecular weight excluding hydrogens is 485 g/mol. The van der Waals surface area contributed by atoms with E-state index in [2.05, 4.69) is 0 Å². The highest BCUT2D eigenvalue weighted by Gasteiger charge is 2.28. The summed E-state index contributed by atoms with van der Waals surface area (Å²) in [5.41, 5.74) is 0.518. The lowest BCUT2D eigenvalue weighted by atomic mass is 9.83. The minimum atomic E-state index is -1.56. The first-order valence-electron chi connectivity index (χ1n) is 13.1. The van der Waals surface area contributed by atoms with Crippen LogP contribution in [0.1, 0.15) is 93.5 Å². The molecular formula is C29H35F3O5. The Hall–Kier alpha value is -3.03. The van der Waals surface area contributed by atoms with E-state index >= 15 is 0 Å². The quantitative estimate of drug-likeness (QED) is 0.165. The van der Waals surface area contributed by atoms with Gasteiger partial charge < -0.3 is 14.2 Å². The summed E-state index contributed by atoms with van der Waals surface area (Å²) >= 11 is 0. The second-order valence-corrected chi connectivity index (χ2v) is 9.42. The summed E-state index contributed by atoms with van der Waals surface area (Å²) in [6.45, 7) is 4.15. The summed E-state index contributed by atoms with van der Waals surface area (Å²) in [5.74, 6) is -4.09. The van der Waals surface area contributed by atoms with Crippen LogP contribution in [0.4, 0.5) is 13.2 Å². The number of halogens is 3. The number of rotatable bonds is 12. The van der Waals surface area contributed by atoms with E-state index in [-0.39, 0.29) is 36.5 Å². The fourth-order valence-corrected chi connectivity index (χ4v) is 4.35. The molecule has 0 radical (unpaired) electrons. The van der Waals surface area contributed by atoms with Crippen LogP contribution in [-0.4, -0.2) is 30.8 Å². The highest BCUT2D eigenvalue weighted by Crippen LogP contribution is 2.35. The second-order valence-electron chi connectivity index (χ2n) is 9.42. The minimum absolute atomic E-state index is 0.196. The first kappa shape index (κ1) is 28.5. The van der Waals surface area contributed by atoms with Crippen LogP contribution in [0.25, 0.3) is 0 Å². The minimum Gasteiger partial charge on any atom is -0.490 e. The average Bonchev–Trinajstić information content (AvgIpc) is 2.90. The van der Waals surface area contributed by atoms with Crippen LogP contribution in [0, 0.1) is 11.6 Å². The average molecular weight is 521 g/mol. The van der Waals surface area contributed by atoms with Gasteiger partial charge in [-0.15, -0.1) is 0 Å². The smallest absolute Gasteiger partial charge is 0.346 e. The van der Waals surface area contributed by atoms with Crippen molar-refractivity contribution in [3.05, 3.63) is 59.2 Å². The van der Waals surface area contributed by atoms with Crippen LogP contribution in [0.2, 0.25) is 0 Å². The summed E-state index contributed by atoms with van der Waals surface area (Å²) in [4.78, 5) is 24.4. The predicted molar refractivity (Wildman–Crippen MR) is 134 cm³/mol. The number of carbonyl (C=O) groups is 2. The molecule has 37 heavy (non-hydrogen) atoms. The number of alkyl halides is 1. The molecule has 0 unspecified atom stereocenters. The number of unbranched alkanes of at least 4 members (excludes halogenated alkanes) is 2. The number of carbonyl (C=O) groups excluding carboxylic acids is 2. The van der Waals surface area contributed by atoms with E-state index in [1.165, 1.54) is 6.07 Å². The molecule has 5 nitrogen and oxygen atoms in total. The molecule has 2 aromatic carbocycles. The van der Waals surface area contributed by atoms with Gasteiger partial charge in [-0.1, -0.05) is 45.2 Å². The second kappa shape index (κ2) is 14.1. The number of hydrogen-bond donors (Lipinski definition) is 0. The summed E-state index contributed by atoms with van der Waals surface area (Å²) in [6.07, 6.45) is 4.25. The van der Waals surface area contributed by atoms with Crippen molar-refractivity contribution in [1.29, 1.82) is 0 Å². The van der Waals surface area contributed by atoms with Crippen molar-refractivity contribution in [2.45, 2.75) is 89.8 Å². The molecule has 0 saturated heterocycles. The van der Waals surface area contributed by atoms with Crippen molar-refractivity contribution in [3.8, 4) is 11.5 Å². The monoisotopic (exact) mass is 520 g/mol. The molecule has 3 rings (SSSR count). The lowest BCUT2D eigenvalue weighted by molar-refractivity contribution is -0.157. The summed E-state index contributed by atoms with van der Waals surface area (Å²) in [5, 5.41) is 0. The van der Waals surface area contributed by atoms with Crippen molar-refractivity contribution in [2.24, 2.45) is 0 Å². The van der Waals surface area contributed by atoms with E-state index in [1.54, 1.807) is 12.1 Å². The topological polar surface area (TPSA) is 61.8 Å². The zero-order chi connectivity index (χ0) is 26.8. The van der Waals surface area contributed by atoms with Crippen molar-refractivity contribution < 1.29 is 37.0 Å². The molecule has 0 heterocycles. The molecule has 202 valence electrons. The van der Waals surface area contributed by atoms with Gasteiger partial charge in [-0.05, 0) is 74.3 Å². The maximum atomic E-state index is 14.4. The largest absolute Gasteiger partial charge is 0.490 e. The van der Waals surface area contributed by atoms with Gasteiger partial charge in [0.15, 0.2) is 17.7 Å². The van der Waals surface area contributed by atoms with Gasteiger partial charge in [0, 0.05) is 0 Å². The SMILES string of the molecule is CCCCOc1ccc(C(=O)Oc2ccc([C@H]3CC[C@H](OC(=O)[C@@H](F)CCCC)CC3)cc2)c(F)c1F. The zero-order valence-electron chi connectivity index (χ0n) is 21.4. The molecule has 0 spiro atoms. The van der Waals surface area contributed by atoms with Crippen LogP contribution in [-0.2, 0) is 9.53 Å². The highest BCUT2D eigenvalue weighted by atomic mass is 19.2. The van der Waals surface area contributed by atoms with Gasteiger partial charge in [0.25, 0.3) is 0 Å². The number of benzene rings is 2. The highest BCUT2D eigenvalue weighted by molar-refractivity contribution is 5.91. The normalized spacial score (nSPS) is 18.2. The van der Waals surface area contributed by atoms with Gasteiger partial charge in [-0.25, -0.2) is 18.4 Å². The standard InChI is InChI=1S/C29H35F3O5/c1-3-5-7-24(30)29(34)37-22-14-10-20(11-15-22)19-8-12-21(13-9-19)36-28(33)23-16-17-25(27(32)26(23)31)35-18-6-4-2/h8-9,12-13,16-17,20,22,24H,3-7,10-11,14-15,18H2,1-2H3/t20-,22-,24-/m0/s1. The van der Waals surface area contributed by atoms with E-state index in [0.717, 1.165) is 37.3 Å². The van der Waals surface area contributed by atoms with E-state index in [9.17, 15) is 22.8 Å². The van der Waals surface area contributed by atoms with E-state index in [0.29, 0.717) is 25.7 Å². The lowest BCUT2D eigenvalue weighted by Crippen LogP contribution is -2.28. The molecule has 8 heteroatoms. The predicted octanol–water partition coefficient (Wildman–Crippen LogP) is 7.46. The first-order valence-corrected chi connectivity index (χ1v) is 13.1. The lowest BCUT2D eigenvalue weighted by Gasteiger charge is -2.29. The molecule has 1 saturated carbocycles. The van der Waals surface area contributed by atoms with Crippen LogP contribution < -0.4 is 9.47 Å². The van der Waals surface area contributed by atoms with Gasteiger partial charge in [0.2, 0.25) is 5.82 Å². The van der Waals surface area contributed by atoms with Crippen molar-refractivity contribution >= 4 is 11.9 Å². The third-order valence-electron chi connectivity index (χ3n) is 6.61. The molecule has 1 aliphatic carbocycles.